The van der Waals surface area contributed by atoms with Crippen LogP contribution in [0.5, 0.6) is 0 Å². The second-order valence-corrected chi connectivity index (χ2v) is 7.96. The summed E-state index contributed by atoms with van der Waals surface area (Å²) in [7, 11) is 4.27. The summed E-state index contributed by atoms with van der Waals surface area (Å²) in [6.45, 7) is 2.13. The van der Waals surface area contributed by atoms with Crippen molar-refractivity contribution in [2.45, 2.75) is 31.0 Å². The van der Waals surface area contributed by atoms with Crippen LogP contribution in [0.3, 0.4) is 0 Å². The minimum absolute atomic E-state index is 0.0853. The molecule has 2 unspecified atom stereocenters. The maximum atomic E-state index is 13.5. The first kappa shape index (κ1) is 20.6. The SMILES string of the molecule is C[N+]1(C)CCC(OC(=O)C(OCCCCO)(c2ccccc2)c2ccco2)C1. The molecule has 0 radical (unpaired) electrons. The number of hydrogen-bond donors (Lipinski definition) is 1. The average molecular weight is 388 g/mol. The van der Waals surface area contributed by atoms with Crippen molar-refractivity contribution < 1.29 is 28.3 Å². The minimum Gasteiger partial charge on any atom is -0.465 e. The van der Waals surface area contributed by atoms with Crippen LogP contribution in [0.25, 0.3) is 0 Å². The van der Waals surface area contributed by atoms with E-state index in [0.717, 1.165) is 24.0 Å². The molecule has 1 saturated heterocycles. The summed E-state index contributed by atoms with van der Waals surface area (Å²) in [5, 5.41) is 9.08. The van der Waals surface area contributed by atoms with E-state index in [9.17, 15) is 4.79 Å². The van der Waals surface area contributed by atoms with Gasteiger partial charge in [-0.3, -0.25) is 0 Å². The number of quaternary nitrogens is 1. The van der Waals surface area contributed by atoms with E-state index in [0.29, 0.717) is 30.8 Å². The quantitative estimate of drug-likeness (QED) is 0.406. The van der Waals surface area contributed by atoms with Crippen molar-refractivity contribution in [3.8, 4) is 0 Å². The van der Waals surface area contributed by atoms with Gasteiger partial charge in [0.2, 0.25) is 5.60 Å². The Morgan fingerprint density at radius 3 is 2.61 bits per heavy atom. The first-order valence-electron chi connectivity index (χ1n) is 9.85. The summed E-state index contributed by atoms with van der Waals surface area (Å²) in [5.41, 5.74) is -0.786. The molecule has 1 fully saturated rings. The third kappa shape index (κ3) is 4.46. The van der Waals surface area contributed by atoms with E-state index < -0.39 is 11.6 Å². The highest BCUT2D eigenvalue weighted by Gasteiger charge is 2.49. The van der Waals surface area contributed by atoms with Gasteiger partial charge in [0, 0.05) is 25.2 Å². The van der Waals surface area contributed by atoms with Gasteiger partial charge in [-0.1, -0.05) is 30.3 Å². The number of aliphatic hydroxyl groups is 1. The average Bonchev–Trinajstić information content (AvgIpc) is 3.33. The zero-order valence-electron chi connectivity index (χ0n) is 16.7. The number of rotatable bonds is 9. The maximum Gasteiger partial charge on any atom is 0.351 e. The molecule has 28 heavy (non-hydrogen) atoms. The van der Waals surface area contributed by atoms with E-state index in [1.165, 1.54) is 6.26 Å². The van der Waals surface area contributed by atoms with Gasteiger partial charge in [0.15, 0.2) is 11.9 Å². The number of likely N-dealkylation sites (N-methyl/N-ethyl adjacent to an activating group) is 1. The van der Waals surface area contributed by atoms with Gasteiger partial charge in [0.05, 0.1) is 26.9 Å². The fourth-order valence-corrected chi connectivity index (χ4v) is 3.72. The molecule has 2 aromatic rings. The highest BCUT2D eigenvalue weighted by atomic mass is 16.6. The third-order valence-electron chi connectivity index (χ3n) is 5.23. The Labute approximate surface area is 166 Å². The highest BCUT2D eigenvalue weighted by Crippen LogP contribution is 2.37. The summed E-state index contributed by atoms with van der Waals surface area (Å²) in [5.74, 6) is -0.0519. The van der Waals surface area contributed by atoms with Gasteiger partial charge in [-0.25, -0.2) is 4.79 Å². The van der Waals surface area contributed by atoms with Gasteiger partial charge in [0.25, 0.3) is 0 Å². The van der Waals surface area contributed by atoms with Crippen LogP contribution in [0, 0.1) is 0 Å². The molecule has 2 heterocycles. The largest absolute Gasteiger partial charge is 0.465 e. The minimum atomic E-state index is -1.46. The van der Waals surface area contributed by atoms with Crippen LogP contribution < -0.4 is 0 Å². The number of unbranched alkanes of at least 4 members (excludes halogenated alkanes) is 1. The third-order valence-corrected chi connectivity index (χ3v) is 5.23. The van der Waals surface area contributed by atoms with Crippen LogP contribution in [0.15, 0.2) is 53.1 Å². The smallest absolute Gasteiger partial charge is 0.351 e. The lowest BCUT2D eigenvalue weighted by Crippen LogP contribution is -2.44. The second-order valence-electron chi connectivity index (χ2n) is 7.96. The van der Waals surface area contributed by atoms with Gasteiger partial charge < -0.3 is 23.5 Å². The molecule has 6 heteroatoms. The molecule has 1 aliphatic heterocycles. The molecule has 0 aliphatic carbocycles. The fourth-order valence-electron chi connectivity index (χ4n) is 3.72. The van der Waals surface area contributed by atoms with Crippen molar-refractivity contribution >= 4 is 5.97 Å². The van der Waals surface area contributed by atoms with E-state index in [2.05, 4.69) is 14.1 Å². The summed E-state index contributed by atoms with van der Waals surface area (Å²) in [6.07, 6.45) is 3.44. The Balaban J connectivity index is 1.93. The Morgan fingerprint density at radius 1 is 1.21 bits per heavy atom. The van der Waals surface area contributed by atoms with E-state index in [-0.39, 0.29) is 12.7 Å². The number of carbonyl (C=O) groups excluding carboxylic acids is 1. The van der Waals surface area contributed by atoms with Crippen LogP contribution in [-0.2, 0) is 19.9 Å². The molecule has 152 valence electrons. The van der Waals surface area contributed by atoms with E-state index in [4.69, 9.17) is 19.0 Å². The molecule has 0 amide bonds. The van der Waals surface area contributed by atoms with Crippen LogP contribution in [0.4, 0.5) is 0 Å². The van der Waals surface area contributed by atoms with Gasteiger partial charge in [-0.2, -0.15) is 0 Å². The standard InChI is InChI=1S/C22H30NO5/c1-23(2)13-12-19(17-23)28-21(25)22(20-11-8-15-26-20,27-16-7-6-14-24)18-9-4-3-5-10-18/h3-5,8-11,15,19,24H,6-7,12-14,16-17H2,1-2H3/q+1. The van der Waals surface area contributed by atoms with Gasteiger partial charge in [-0.15, -0.1) is 0 Å². The molecule has 0 saturated carbocycles. The van der Waals surface area contributed by atoms with Crippen molar-refractivity contribution in [1.29, 1.82) is 0 Å². The van der Waals surface area contributed by atoms with Gasteiger partial charge in [-0.05, 0) is 25.0 Å². The lowest BCUT2D eigenvalue weighted by molar-refractivity contribution is -0.879. The fraction of sp³-hybridized carbons (Fsp3) is 0.500. The maximum absolute atomic E-state index is 13.5. The Morgan fingerprint density at radius 2 is 2.00 bits per heavy atom. The van der Waals surface area contributed by atoms with E-state index in [1.54, 1.807) is 12.1 Å². The summed E-state index contributed by atoms with van der Waals surface area (Å²) in [6, 6.07) is 12.8. The Kier molecular flexibility index (Phi) is 6.54. The normalized spacial score (nSPS) is 20.6. The number of carbonyl (C=O) groups is 1. The highest BCUT2D eigenvalue weighted by molar-refractivity contribution is 5.85. The molecule has 2 atom stereocenters. The molecule has 1 aromatic carbocycles. The zero-order valence-corrected chi connectivity index (χ0v) is 16.7. The van der Waals surface area contributed by atoms with Crippen molar-refractivity contribution in [3.05, 3.63) is 60.1 Å². The predicted octanol–water partition coefficient (Wildman–Crippen LogP) is 2.70. The first-order valence-corrected chi connectivity index (χ1v) is 9.85. The topological polar surface area (TPSA) is 68.9 Å². The lowest BCUT2D eigenvalue weighted by Gasteiger charge is -2.31. The second kappa shape index (κ2) is 8.90. The zero-order chi connectivity index (χ0) is 20.0. The Hall–Kier alpha value is -2.15. The van der Waals surface area contributed by atoms with Gasteiger partial charge >= 0.3 is 5.97 Å². The predicted molar refractivity (Wildman–Crippen MR) is 105 cm³/mol. The van der Waals surface area contributed by atoms with Crippen LogP contribution in [0.1, 0.15) is 30.6 Å². The van der Waals surface area contributed by atoms with E-state index >= 15 is 0 Å². The molecule has 1 N–H and O–H groups in total. The van der Waals surface area contributed by atoms with Crippen molar-refractivity contribution in [1.82, 2.24) is 0 Å². The Bertz CT molecular complexity index is 744. The molecule has 1 aromatic heterocycles. The lowest BCUT2D eigenvalue weighted by atomic mass is 9.90. The van der Waals surface area contributed by atoms with Crippen molar-refractivity contribution in [2.75, 3.05) is 40.4 Å². The number of benzene rings is 1. The van der Waals surface area contributed by atoms with E-state index in [1.807, 2.05) is 30.3 Å². The van der Waals surface area contributed by atoms with Crippen molar-refractivity contribution in [3.63, 3.8) is 0 Å². The molecular formula is C22H30NO5+. The number of hydrogen-bond acceptors (Lipinski definition) is 5. The van der Waals surface area contributed by atoms with Gasteiger partial charge in [0.1, 0.15) is 6.54 Å². The number of likely N-dealkylation sites (tertiary alicyclic amines) is 1. The monoisotopic (exact) mass is 388 g/mol. The molecule has 1 aliphatic rings. The summed E-state index contributed by atoms with van der Waals surface area (Å²) < 4.78 is 18.6. The van der Waals surface area contributed by atoms with Crippen LogP contribution >= 0.6 is 0 Å². The molecule has 6 nitrogen and oxygen atoms in total. The van der Waals surface area contributed by atoms with Crippen LogP contribution in [0.2, 0.25) is 0 Å². The first-order chi connectivity index (χ1) is 13.5. The summed E-state index contributed by atoms with van der Waals surface area (Å²) >= 11 is 0. The number of esters is 1. The molecule has 3 rings (SSSR count). The van der Waals surface area contributed by atoms with Crippen LogP contribution in [-0.4, -0.2) is 62.1 Å². The number of furan rings is 1. The molecule has 0 bridgehead atoms. The van der Waals surface area contributed by atoms with Crippen molar-refractivity contribution in [2.24, 2.45) is 0 Å². The molecule has 0 spiro atoms. The number of nitrogens with zero attached hydrogens (tertiary/aromatic N) is 1. The molecular weight excluding hydrogens is 358 g/mol. The number of ether oxygens (including phenoxy) is 2. The number of aliphatic hydroxyl groups excluding tert-OH is 1. The summed E-state index contributed by atoms with van der Waals surface area (Å²) in [4.78, 5) is 13.5.